The van der Waals surface area contributed by atoms with Gasteiger partial charge in [0.25, 0.3) is 0 Å². The molecule has 1 nitrogen and oxygen atoms in total. The van der Waals surface area contributed by atoms with Gasteiger partial charge < -0.3 is 0 Å². The summed E-state index contributed by atoms with van der Waals surface area (Å²) >= 11 is 2.01. The number of Topliss-reactive ketones (excluding diaryl/α,β-unsaturated/α-hetero) is 1. The van der Waals surface area contributed by atoms with Crippen molar-refractivity contribution in [3.05, 3.63) is 33.1 Å². The topological polar surface area (TPSA) is 17.1 Å². The SMILES string of the molecule is CCC(=O)c1ccc(I)cc1F. The first-order valence-corrected chi connectivity index (χ1v) is 4.71. The fraction of sp³-hybridized carbons (Fsp3) is 0.222. The van der Waals surface area contributed by atoms with Crippen LogP contribution >= 0.6 is 22.6 Å². The Balaban J connectivity index is 3.09. The van der Waals surface area contributed by atoms with E-state index >= 15 is 0 Å². The zero-order valence-corrected chi connectivity index (χ0v) is 8.76. The summed E-state index contributed by atoms with van der Waals surface area (Å²) in [5.41, 5.74) is 0.193. The Hall–Kier alpha value is -0.450. The summed E-state index contributed by atoms with van der Waals surface area (Å²) in [6.07, 6.45) is 0.345. The van der Waals surface area contributed by atoms with Crippen molar-refractivity contribution < 1.29 is 9.18 Å². The van der Waals surface area contributed by atoms with Gasteiger partial charge in [-0.3, -0.25) is 4.79 Å². The lowest BCUT2D eigenvalue weighted by Gasteiger charge is -1.99. The molecule has 0 aliphatic carbocycles. The summed E-state index contributed by atoms with van der Waals surface area (Å²) in [4.78, 5) is 11.1. The lowest BCUT2D eigenvalue weighted by atomic mass is 10.1. The van der Waals surface area contributed by atoms with Crippen LogP contribution in [0.15, 0.2) is 18.2 Å². The van der Waals surface area contributed by atoms with Crippen molar-refractivity contribution in [2.45, 2.75) is 13.3 Å². The van der Waals surface area contributed by atoms with Gasteiger partial charge in [-0.1, -0.05) is 6.92 Å². The highest BCUT2D eigenvalue weighted by Crippen LogP contribution is 2.13. The van der Waals surface area contributed by atoms with Crippen LogP contribution in [0.25, 0.3) is 0 Å². The predicted octanol–water partition coefficient (Wildman–Crippen LogP) is 3.02. The predicted molar refractivity (Wildman–Crippen MR) is 53.7 cm³/mol. The molecule has 0 atom stereocenters. The van der Waals surface area contributed by atoms with Gasteiger partial charge in [-0.05, 0) is 40.8 Å². The van der Waals surface area contributed by atoms with Crippen LogP contribution in [0.4, 0.5) is 4.39 Å². The fourth-order valence-corrected chi connectivity index (χ4v) is 1.36. The van der Waals surface area contributed by atoms with E-state index < -0.39 is 5.82 Å². The number of hydrogen-bond acceptors (Lipinski definition) is 1. The molecule has 0 fully saturated rings. The molecule has 0 saturated carbocycles. The quantitative estimate of drug-likeness (QED) is 0.600. The molecule has 0 saturated heterocycles. The van der Waals surface area contributed by atoms with E-state index in [9.17, 15) is 9.18 Å². The Morgan fingerprint density at radius 1 is 1.58 bits per heavy atom. The lowest BCUT2D eigenvalue weighted by Crippen LogP contribution is -2.00. The Bertz CT molecular complexity index is 309. The van der Waals surface area contributed by atoms with Crippen LogP contribution in [0.1, 0.15) is 23.7 Å². The average molecular weight is 278 g/mol. The van der Waals surface area contributed by atoms with Gasteiger partial charge in [-0.25, -0.2) is 4.39 Å². The second-order valence-corrected chi connectivity index (χ2v) is 3.65. The summed E-state index contributed by atoms with van der Waals surface area (Å²) in [5.74, 6) is -0.572. The zero-order chi connectivity index (χ0) is 9.14. The van der Waals surface area contributed by atoms with Gasteiger partial charge in [0, 0.05) is 9.99 Å². The highest BCUT2D eigenvalue weighted by Gasteiger charge is 2.08. The smallest absolute Gasteiger partial charge is 0.165 e. The van der Waals surface area contributed by atoms with Crippen molar-refractivity contribution in [2.75, 3.05) is 0 Å². The Kier molecular flexibility index (Phi) is 3.20. The van der Waals surface area contributed by atoms with E-state index in [1.165, 1.54) is 12.1 Å². The lowest BCUT2D eigenvalue weighted by molar-refractivity contribution is 0.0984. The number of carbonyl (C=O) groups is 1. The first kappa shape index (κ1) is 9.64. The zero-order valence-electron chi connectivity index (χ0n) is 6.60. The summed E-state index contributed by atoms with van der Waals surface area (Å²) in [7, 11) is 0. The van der Waals surface area contributed by atoms with Gasteiger partial charge >= 0.3 is 0 Å². The molecule has 0 spiro atoms. The minimum absolute atomic E-state index is 0.149. The van der Waals surface area contributed by atoms with Crippen LogP contribution in [-0.2, 0) is 0 Å². The van der Waals surface area contributed by atoms with Gasteiger partial charge in [-0.15, -0.1) is 0 Å². The van der Waals surface area contributed by atoms with E-state index in [1.807, 2.05) is 22.6 Å². The van der Waals surface area contributed by atoms with Crippen molar-refractivity contribution in [2.24, 2.45) is 0 Å². The standard InChI is InChI=1S/C9H8FIO/c1-2-9(12)7-4-3-6(11)5-8(7)10/h3-5H,2H2,1H3. The minimum atomic E-state index is -0.422. The van der Waals surface area contributed by atoms with Crippen LogP contribution in [0, 0.1) is 9.39 Å². The molecule has 1 rings (SSSR count). The monoisotopic (exact) mass is 278 g/mol. The molecule has 1 aromatic carbocycles. The Labute approximate surface area is 84.1 Å². The Morgan fingerprint density at radius 2 is 2.25 bits per heavy atom. The second-order valence-electron chi connectivity index (χ2n) is 2.40. The van der Waals surface area contributed by atoms with Crippen molar-refractivity contribution >= 4 is 28.4 Å². The van der Waals surface area contributed by atoms with E-state index in [1.54, 1.807) is 13.0 Å². The van der Waals surface area contributed by atoms with Crippen molar-refractivity contribution in [3.8, 4) is 0 Å². The van der Waals surface area contributed by atoms with Crippen LogP contribution in [-0.4, -0.2) is 5.78 Å². The van der Waals surface area contributed by atoms with Crippen molar-refractivity contribution in [1.29, 1.82) is 0 Å². The van der Waals surface area contributed by atoms with Crippen LogP contribution in [0.3, 0.4) is 0 Å². The summed E-state index contributed by atoms with van der Waals surface area (Å²) in [6.45, 7) is 1.72. The Morgan fingerprint density at radius 3 is 2.75 bits per heavy atom. The fourth-order valence-electron chi connectivity index (χ4n) is 0.906. The van der Waals surface area contributed by atoms with E-state index in [2.05, 4.69) is 0 Å². The maximum Gasteiger partial charge on any atom is 0.165 e. The third kappa shape index (κ3) is 2.03. The molecule has 12 heavy (non-hydrogen) atoms. The van der Waals surface area contributed by atoms with Gasteiger partial charge in [0.2, 0.25) is 0 Å². The van der Waals surface area contributed by atoms with Gasteiger partial charge in [0.15, 0.2) is 5.78 Å². The van der Waals surface area contributed by atoms with Crippen LogP contribution in [0.5, 0.6) is 0 Å². The average Bonchev–Trinajstić information content (AvgIpc) is 2.03. The molecular weight excluding hydrogens is 270 g/mol. The van der Waals surface area contributed by atoms with E-state index in [-0.39, 0.29) is 11.3 Å². The van der Waals surface area contributed by atoms with E-state index in [0.717, 1.165) is 3.57 Å². The number of benzene rings is 1. The molecule has 0 radical (unpaired) electrons. The minimum Gasteiger partial charge on any atom is -0.294 e. The van der Waals surface area contributed by atoms with Crippen molar-refractivity contribution in [3.63, 3.8) is 0 Å². The molecule has 3 heteroatoms. The van der Waals surface area contributed by atoms with Crippen LogP contribution in [0.2, 0.25) is 0 Å². The molecular formula is C9H8FIO. The molecule has 1 aromatic rings. The molecule has 0 amide bonds. The van der Waals surface area contributed by atoms with Gasteiger partial charge in [0.05, 0.1) is 5.56 Å². The number of ketones is 1. The molecule has 0 heterocycles. The number of hydrogen-bond donors (Lipinski definition) is 0. The highest BCUT2D eigenvalue weighted by atomic mass is 127. The molecule has 0 aromatic heterocycles. The van der Waals surface area contributed by atoms with Gasteiger partial charge in [0.1, 0.15) is 5.82 Å². The first-order chi connectivity index (χ1) is 5.65. The molecule has 0 unspecified atom stereocenters. The molecule has 0 bridgehead atoms. The number of carbonyl (C=O) groups excluding carboxylic acids is 1. The molecule has 0 aliphatic rings. The highest BCUT2D eigenvalue weighted by molar-refractivity contribution is 14.1. The van der Waals surface area contributed by atoms with E-state index in [0.29, 0.717) is 6.42 Å². The van der Waals surface area contributed by atoms with Gasteiger partial charge in [-0.2, -0.15) is 0 Å². The largest absolute Gasteiger partial charge is 0.294 e. The van der Waals surface area contributed by atoms with Crippen molar-refractivity contribution in [1.82, 2.24) is 0 Å². The summed E-state index contributed by atoms with van der Waals surface area (Å²) < 4.78 is 13.9. The summed E-state index contributed by atoms with van der Waals surface area (Å²) in [6, 6.07) is 4.62. The third-order valence-corrected chi connectivity index (χ3v) is 2.22. The maximum absolute atomic E-state index is 13.1. The molecule has 0 aliphatic heterocycles. The first-order valence-electron chi connectivity index (χ1n) is 3.63. The van der Waals surface area contributed by atoms with Crippen LogP contribution < -0.4 is 0 Å². The molecule has 64 valence electrons. The third-order valence-electron chi connectivity index (χ3n) is 1.55. The number of rotatable bonds is 2. The summed E-state index contributed by atoms with van der Waals surface area (Å²) in [5, 5.41) is 0. The second kappa shape index (κ2) is 3.98. The molecule has 0 N–H and O–H groups in total. The normalized spacial score (nSPS) is 9.92. The maximum atomic E-state index is 13.1. The number of halogens is 2. The van der Waals surface area contributed by atoms with E-state index in [4.69, 9.17) is 0 Å².